The summed E-state index contributed by atoms with van der Waals surface area (Å²) >= 11 is 1.41. The van der Waals surface area contributed by atoms with Crippen molar-refractivity contribution in [3.05, 3.63) is 52.4 Å². The minimum Gasteiger partial charge on any atom is -0.444 e. The molecule has 0 fully saturated rings. The molecule has 2 heterocycles. The van der Waals surface area contributed by atoms with Gasteiger partial charge < -0.3 is 4.74 Å². The molecule has 0 spiro atoms. The van der Waals surface area contributed by atoms with Crippen molar-refractivity contribution < 1.29 is 9.53 Å². The van der Waals surface area contributed by atoms with Crippen LogP contribution in [0.15, 0.2) is 46.5 Å². The van der Waals surface area contributed by atoms with Gasteiger partial charge in [0.25, 0.3) is 5.56 Å². The first-order valence-corrected chi connectivity index (χ1v) is 10.9. The summed E-state index contributed by atoms with van der Waals surface area (Å²) in [6.45, 7) is 9.47. The number of pyridine rings is 1. The molecule has 8 heteroatoms. The van der Waals surface area contributed by atoms with Crippen molar-refractivity contribution in [2.75, 3.05) is 11.6 Å². The molecular weight excluding hydrogens is 400 g/mol. The third-order valence-electron chi connectivity index (χ3n) is 4.32. The molecule has 3 aromatic rings. The maximum absolute atomic E-state index is 13.1. The van der Waals surface area contributed by atoms with Crippen LogP contribution in [-0.2, 0) is 4.74 Å². The van der Waals surface area contributed by atoms with Gasteiger partial charge in [-0.2, -0.15) is 0 Å². The second-order valence-electron chi connectivity index (χ2n) is 8.20. The number of nitrogens with one attached hydrogen (secondary N) is 1. The lowest BCUT2D eigenvalue weighted by atomic mass is 10.0. The Balaban J connectivity index is 2.13. The van der Waals surface area contributed by atoms with Crippen LogP contribution in [-0.4, -0.2) is 32.5 Å². The molecule has 0 saturated heterocycles. The van der Waals surface area contributed by atoms with E-state index >= 15 is 0 Å². The fraction of sp³-hybridized carbons (Fsp3) is 0.364. The first kappa shape index (κ1) is 21.8. The summed E-state index contributed by atoms with van der Waals surface area (Å²) in [5, 5.41) is 4.12. The number of aromatic nitrogens is 3. The maximum atomic E-state index is 13.1. The zero-order valence-corrected chi connectivity index (χ0v) is 18.8. The number of nitrogens with zero attached hydrogens (tertiary/aromatic N) is 3. The molecule has 30 heavy (non-hydrogen) atoms. The largest absolute Gasteiger partial charge is 0.444 e. The van der Waals surface area contributed by atoms with Gasteiger partial charge >= 0.3 is 6.09 Å². The highest BCUT2D eigenvalue weighted by Gasteiger charge is 2.18. The normalized spacial score (nSPS) is 11.7. The van der Waals surface area contributed by atoms with Crippen LogP contribution in [0.3, 0.4) is 0 Å². The van der Waals surface area contributed by atoms with Gasteiger partial charge in [-0.1, -0.05) is 31.7 Å². The van der Waals surface area contributed by atoms with E-state index < -0.39 is 11.7 Å². The molecule has 3 rings (SSSR count). The first-order valence-electron chi connectivity index (χ1n) is 9.66. The number of hydrogen-bond donors (Lipinski definition) is 1. The molecule has 0 aliphatic heterocycles. The standard InChI is InChI=1S/C22H26N4O3S/c1-13(2)16-11-18(27)26(19-17(16)12-23-20(25-19)30-6)15-9-7-8-14(10-15)24-21(28)29-22(3,4)5/h7-13H,1-6H3,(H,24,28). The lowest BCUT2D eigenvalue weighted by Gasteiger charge is -2.20. The Labute approximate surface area is 179 Å². The van der Waals surface area contributed by atoms with Gasteiger partial charge in [-0.3, -0.25) is 14.7 Å². The summed E-state index contributed by atoms with van der Waals surface area (Å²) in [6.07, 6.45) is 3.10. The Bertz CT molecular complexity index is 1150. The van der Waals surface area contributed by atoms with Gasteiger partial charge in [0.2, 0.25) is 0 Å². The molecule has 0 aliphatic rings. The fourth-order valence-corrected chi connectivity index (χ4v) is 3.42. The molecule has 1 aromatic carbocycles. The Morgan fingerprint density at radius 1 is 1.23 bits per heavy atom. The highest BCUT2D eigenvalue weighted by molar-refractivity contribution is 7.98. The van der Waals surface area contributed by atoms with Gasteiger partial charge in [0.05, 0.1) is 5.69 Å². The van der Waals surface area contributed by atoms with Crippen LogP contribution in [0.2, 0.25) is 0 Å². The summed E-state index contributed by atoms with van der Waals surface area (Å²) in [7, 11) is 0. The Hall–Kier alpha value is -2.87. The van der Waals surface area contributed by atoms with E-state index in [0.29, 0.717) is 22.2 Å². The molecule has 1 amide bonds. The summed E-state index contributed by atoms with van der Waals surface area (Å²) in [5.41, 5.74) is 1.77. The van der Waals surface area contributed by atoms with E-state index in [2.05, 4.69) is 15.3 Å². The van der Waals surface area contributed by atoms with Crippen molar-refractivity contribution in [2.45, 2.75) is 51.3 Å². The van der Waals surface area contributed by atoms with Gasteiger partial charge in [-0.15, -0.1) is 0 Å². The number of anilines is 1. The minimum absolute atomic E-state index is 0.152. The molecule has 0 bridgehead atoms. The molecule has 0 radical (unpaired) electrons. The predicted molar refractivity (Wildman–Crippen MR) is 121 cm³/mol. The van der Waals surface area contributed by atoms with E-state index in [-0.39, 0.29) is 11.5 Å². The van der Waals surface area contributed by atoms with Crippen LogP contribution in [0.4, 0.5) is 10.5 Å². The van der Waals surface area contributed by atoms with Crippen molar-refractivity contribution in [2.24, 2.45) is 0 Å². The van der Waals surface area contributed by atoms with Gasteiger partial charge in [0, 0.05) is 23.3 Å². The van der Waals surface area contributed by atoms with Crippen LogP contribution < -0.4 is 10.9 Å². The van der Waals surface area contributed by atoms with E-state index in [9.17, 15) is 9.59 Å². The average molecular weight is 427 g/mol. The smallest absolute Gasteiger partial charge is 0.412 e. The number of hydrogen-bond acceptors (Lipinski definition) is 6. The Morgan fingerprint density at radius 2 is 1.97 bits per heavy atom. The summed E-state index contributed by atoms with van der Waals surface area (Å²) in [5.74, 6) is 0.152. The van der Waals surface area contributed by atoms with Crippen LogP contribution in [0.5, 0.6) is 0 Å². The molecule has 1 N–H and O–H groups in total. The number of ether oxygens (including phenoxy) is 1. The van der Waals surface area contributed by atoms with E-state index in [1.165, 1.54) is 11.8 Å². The number of benzene rings is 1. The van der Waals surface area contributed by atoms with Crippen molar-refractivity contribution in [1.82, 2.24) is 14.5 Å². The van der Waals surface area contributed by atoms with Crippen LogP contribution in [0.25, 0.3) is 16.7 Å². The molecule has 0 atom stereocenters. The molecule has 158 valence electrons. The summed E-state index contributed by atoms with van der Waals surface area (Å²) in [6, 6.07) is 8.67. The zero-order valence-electron chi connectivity index (χ0n) is 18.0. The van der Waals surface area contributed by atoms with Crippen LogP contribution >= 0.6 is 11.8 Å². The van der Waals surface area contributed by atoms with Crippen molar-refractivity contribution in [3.63, 3.8) is 0 Å². The molecule has 0 saturated carbocycles. The van der Waals surface area contributed by atoms with E-state index in [0.717, 1.165) is 10.9 Å². The number of rotatable bonds is 4. The quantitative estimate of drug-likeness (QED) is 0.468. The number of amides is 1. The summed E-state index contributed by atoms with van der Waals surface area (Å²) in [4.78, 5) is 34.2. The SMILES string of the molecule is CSc1ncc2c(C(C)C)cc(=O)n(-c3cccc(NC(=O)OC(C)(C)C)c3)c2n1. The third kappa shape index (κ3) is 4.81. The Kier molecular flexibility index (Phi) is 6.17. The van der Waals surface area contributed by atoms with Crippen LogP contribution in [0.1, 0.15) is 46.1 Å². The maximum Gasteiger partial charge on any atom is 0.412 e. The fourth-order valence-electron chi connectivity index (χ4n) is 3.08. The topological polar surface area (TPSA) is 86.1 Å². The van der Waals surface area contributed by atoms with Crippen molar-refractivity contribution in [1.29, 1.82) is 0 Å². The molecular formula is C22H26N4O3S. The number of fused-ring (bicyclic) bond motifs is 1. The summed E-state index contributed by atoms with van der Waals surface area (Å²) < 4.78 is 6.86. The lowest BCUT2D eigenvalue weighted by Crippen LogP contribution is -2.27. The van der Waals surface area contributed by atoms with Crippen LogP contribution in [0, 0.1) is 0 Å². The highest BCUT2D eigenvalue weighted by atomic mass is 32.2. The average Bonchev–Trinajstić information content (AvgIpc) is 2.65. The van der Waals surface area contributed by atoms with E-state index in [1.807, 2.05) is 20.1 Å². The van der Waals surface area contributed by atoms with Gasteiger partial charge in [0.1, 0.15) is 5.60 Å². The minimum atomic E-state index is -0.605. The number of thioether (sulfide) groups is 1. The number of carbonyl (C=O) groups excluding carboxylic acids is 1. The molecule has 0 unspecified atom stereocenters. The monoisotopic (exact) mass is 426 g/mol. The highest BCUT2D eigenvalue weighted by Crippen LogP contribution is 2.26. The Morgan fingerprint density at radius 3 is 2.60 bits per heavy atom. The van der Waals surface area contributed by atoms with Crippen molar-refractivity contribution >= 4 is 34.6 Å². The first-order chi connectivity index (χ1) is 14.1. The second kappa shape index (κ2) is 8.47. The van der Waals surface area contributed by atoms with Gasteiger partial charge in [0.15, 0.2) is 10.8 Å². The molecule has 2 aromatic heterocycles. The zero-order chi connectivity index (χ0) is 22.1. The second-order valence-corrected chi connectivity index (χ2v) is 8.97. The molecule has 7 nitrogen and oxygen atoms in total. The predicted octanol–water partition coefficient (Wildman–Crippen LogP) is 4.97. The van der Waals surface area contributed by atoms with Crippen molar-refractivity contribution in [3.8, 4) is 5.69 Å². The number of carbonyl (C=O) groups is 1. The van der Waals surface area contributed by atoms with E-state index in [4.69, 9.17) is 4.74 Å². The third-order valence-corrected chi connectivity index (χ3v) is 4.88. The van der Waals surface area contributed by atoms with E-state index in [1.54, 1.807) is 61.9 Å². The lowest BCUT2D eigenvalue weighted by molar-refractivity contribution is 0.0636. The molecule has 0 aliphatic carbocycles. The van der Waals surface area contributed by atoms with Gasteiger partial charge in [-0.25, -0.2) is 14.8 Å². The van der Waals surface area contributed by atoms with Gasteiger partial charge in [-0.05, 0) is 56.7 Å².